The van der Waals surface area contributed by atoms with Gasteiger partial charge in [0.25, 0.3) is 0 Å². The van der Waals surface area contributed by atoms with Crippen molar-refractivity contribution in [3.8, 4) is 0 Å². The Morgan fingerprint density at radius 1 is 0.714 bits per heavy atom. The monoisotopic (exact) mass is 476 g/mol. The van der Waals surface area contributed by atoms with Crippen LogP contribution >= 0.6 is 7.82 Å². The van der Waals surface area contributed by atoms with E-state index in [-0.39, 0.29) is 0 Å². The summed E-state index contributed by atoms with van der Waals surface area (Å²) in [6, 6.07) is 0. The smallest absolute Gasteiger partial charge is 0.303 e. The van der Waals surface area contributed by atoms with Crippen LogP contribution in [0, 0.1) is 0 Å². The van der Waals surface area contributed by atoms with Crippen molar-refractivity contribution in [3.63, 3.8) is 0 Å². The minimum atomic E-state index is -7.68. The van der Waals surface area contributed by atoms with Crippen LogP contribution in [0.3, 0.4) is 0 Å². The first-order chi connectivity index (χ1) is 11.8. The van der Waals surface area contributed by atoms with Crippen LogP contribution in [0.2, 0.25) is 0 Å². The quantitative estimate of drug-likeness (QED) is 0.386. The lowest BCUT2D eigenvalue weighted by atomic mass is 9.82. The first kappa shape index (κ1) is 27.1. The number of halogens is 14. The van der Waals surface area contributed by atoms with Gasteiger partial charge in [0.05, 0.1) is 12.8 Å². The summed E-state index contributed by atoms with van der Waals surface area (Å²) in [7, 11) is -6.95. The highest BCUT2D eigenvalue weighted by atomic mass is 31.2. The second-order valence-electron chi connectivity index (χ2n) is 5.23. The molecule has 0 aromatic carbocycles. The third-order valence-corrected chi connectivity index (χ3v) is 3.51. The lowest BCUT2D eigenvalue weighted by Crippen LogP contribution is -2.69. The summed E-state index contributed by atoms with van der Waals surface area (Å²) in [6.07, 6.45) is -26.5. The Morgan fingerprint density at radius 2 is 1.04 bits per heavy atom. The summed E-state index contributed by atoms with van der Waals surface area (Å²) in [5, 5.41) is 0. The molecule has 0 spiro atoms. The summed E-state index contributed by atoms with van der Waals surface area (Å²) >= 11 is 0. The van der Waals surface area contributed by atoms with Crippen LogP contribution in [-0.2, 0) is 9.09 Å². The fourth-order valence-corrected chi connectivity index (χ4v) is 2.61. The molecule has 0 unspecified atom stereocenters. The van der Waals surface area contributed by atoms with E-state index in [1.165, 1.54) is 0 Å². The van der Waals surface area contributed by atoms with Gasteiger partial charge in [-0.25, -0.2) is 13.3 Å². The molecule has 0 aromatic rings. The topological polar surface area (TPSA) is 66.8 Å². The van der Waals surface area contributed by atoms with Gasteiger partial charge in [-0.2, -0.15) is 52.7 Å². The van der Waals surface area contributed by atoms with E-state index in [0.29, 0.717) is 0 Å². The van der Waals surface area contributed by atoms with Crippen molar-refractivity contribution in [2.45, 2.75) is 55.0 Å². The molecule has 0 aliphatic rings. The van der Waals surface area contributed by atoms with Gasteiger partial charge >= 0.3 is 44.4 Å². The Kier molecular flexibility index (Phi) is 7.20. The standard InChI is InChI=1S/C9H7F14O4P/c10-3(11)7(18,19)9(22,23)8(20,21)4(1-5(12,13)14,2-6(15,16)17)27-28(24,25)26/h3H,1-2H2,(H2,24,25,26). The van der Waals surface area contributed by atoms with Crippen molar-refractivity contribution in [1.82, 2.24) is 0 Å². The van der Waals surface area contributed by atoms with Crippen LogP contribution in [-0.4, -0.2) is 51.9 Å². The van der Waals surface area contributed by atoms with Crippen molar-refractivity contribution in [2.75, 3.05) is 0 Å². The Labute approximate surface area is 144 Å². The Bertz CT molecular complexity index is 575. The number of hydrogen-bond acceptors (Lipinski definition) is 2. The first-order valence-electron chi connectivity index (χ1n) is 6.13. The highest BCUT2D eigenvalue weighted by molar-refractivity contribution is 7.46. The molecule has 0 rings (SSSR count). The van der Waals surface area contributed by atoms with Crippen molar-refractivity contribution in [2.24, 2.45) is 0 Å². The van der Waals surface area contributed by atoms with Gasteiger partial charge < -0.3 is 9.79 Å². The van der Waals surface area contributed by atoms with Gasteiger partial charge in [0.2, 0.25) is 0 Å². The lowest BCUT2D eigenvalue weighted by molar-refractivity contribution is -0.387. The zero-order valence-corrected chi connectivity index (χ0v) is 13.3. The molecular weight excluding hydrogens is 469 g/mol. The fourth-order valence-electron chi connectivity index (χ4n) is 1.91. The van der Waals surface area contributed by atoms with Crippen LogP contribution in [0.15, 0.2) is 0 Å². The van der Waals surface area contributed by atoms with Crippen LogP contribution in [0.25, 0.3) is 0 Å². The second-order valence-corrected chi connectivity index (χ2v) is 6.40. The number of phosphoric ester groups is 1. The molecular formula is C9H7F14O4P. The van der Waals surface area contributed by atoms with Crippen LogP contribution in [0.4, 0.5) is 61.5 Å². The predicted octanol–water partition coefficient (Wildman–Crippen LogP) is 4.91. The maximum Gasteiger partial charge on any atom is 0.470 e. The van der Waals surface area contributed by atoms with Gasteiger partial charge in [0, 0.05) is 0 Å². The first-order valence-corrected chi connectivity index (χ1v) is 7.66. The van der Waals surface area contributed by atoms with E-state index in [1.54, 1.807) is 0 Å². The minimum Gasteiger partial charge on any atom is -0.303 e. The molecule has 4 nitrogen and oxygen atoms in total. The lowest BCUT2D eigenvalue weighted by Gasteiger charge is -2.44. The van der Waals surface area contributed by atoms with Crippen LogP contribution in [0.1, 0.15) is 12.8 Å². The van der Waals surface area contributed by atoms with Gasteiger partial charge in [-0.3, -0.25) is 4.52 Å². The molecule has 2 N–H and O–H groups in total. The van der Waals surface area contributed by atoms with Gasteiger partial charge in [-0.05, 0) is 0 Å². The normalized spacial score (nSPS) is 16.0. The largest absolute Gasteiger partial charge is 0.470 e. The molecule has 0 heterocycles. The molecule has 0 saturated heterocycles. The van der Waals surface area contributed by atoms with Gasteiger partial charge in [-0.1, -0.05) is 0 Å². The highest BCUT2D eigenvalue weighted by Gasteiger charge is 2.84. The molecule has 19 heteroatoms. The van der Waals surface area contributed by atoms with Gasteiger partial charge in [0.1, 0.15) is 0 Å². The predicted molar refractivity (Wildman–Crippen MR) is 58.0 cm³/mol. The van der Waals surface area contributed by atoms with E-state index in [1.807, 2.05) is 0 Å². The van der Waals surface area contributed by atoms with Gasteiger partial charge in [-0.15, -0.1) is 0 Å². The van der Waals surface area contributed by atoms with Crippen molar-refractivity contribution in [3.05, 3.63) is 0 Å². The van der Waals surface area contributed by atoms with E-state index in [4.69, 9.17) is 9.79 Å². The van der Waals surface area contributed by atoms with Crippen LogP contribution < -0.4 is 0 Å². The maximum atomic E-state index is 13.9. The molecule has 0 aromatic heterocycles. The molecule has 0 aliphatic heterocycles. The average Bonchev–Trinajstić information content (AvgIpc) is 2.30. The number of hydrogen-bond donors (Lipinski definition) is 2. The molecule has 0 atom stereocenters. The van der Waals surface area contributed by atoms with Crippen molar-refractivity contribution in [1.29, 1.82) is 0 Å². The number of rotatable bonds is 8. The average molecular weight is 476 g/mol. The van der Waals surface area contributed by atoms with Crippen molar-refractivity contribution < 1.29 is 80.3 Å². The highest BCUT2D eigenvalue weighted by Crippen LogP contribution is 2.61. The SMILES string of the molecule is O=P(O)(O)OC(CC(F)(F)F)(CC(F)(F)F)C(F)(F)C(F)(F)C(F)(F)C(F)F. The van der Waals surface area contributed by atoms with Crippen LogP contribution in [0.5, 0.6) is 0 Å². The molecule has 0 bridgehead atoms. The summed E-state index contributed by atoms with van der Waals surface area (Å²) in [5.41, 5.74) is -6.13. The second kappa shape index (κ2) is 7.43. The number of alkyl halides is 14. The Morgan fingerprint density at radius 3 is 1.25 bits per heavy atom. The van der Waals surface area contributed by atoms with Crippen molar-refractivity contribution >= 4 is 7.82 Å². The van der Waals surface area contributed by atoms with E-state index < -0.39 is 62.8 Å². The molecule has 0 radical (unpaired) electrons. The van der Waals surface area contributed by atoms with E-state index in [9.17, 15) is 66.0 Å². The maximum absolute atomic E-state index is 13.9. The van der Waals surface area contributed by atoms with E-state index in [2.05, 4.69) is 4.52 Å². The molecule has 0 aliphatic carbocycles. The molecule has 170 valence electrons. The zero-order valence-electron chi connectivity index (χ0n) is 12.4. The third-order valence-electron chi connectivity index (χ3n) is 2.92. The summed E-state index contributed by atoms with van der Waals surface area (Å²) < 4.78 is 192. The summed E-state index contributed by atoms with van der Waals surface area (Å²) in [6.45, 7) is 0. The zero-order chi connectivity index (χ0) is 23.2. The summed E-state index contributed by atoms with van der Waals surface area (Å²) in [4.78, 5) is 16.7. The third kappa shape index (κ3) is 5.82. The van der Waals surface area contributed by atoms with Gasteiger partial charge in [0.15, 0.2) is 5.60 Å². The molecule has 28 heavy (non-hydrogen) atoms. The summed E-state index contributed by atoms with van der Waals surface area (Å²) in [5.74, 6) is -22.4. The fraction of sp³-hybridized carbons (Fsp3) is 1.00. The minimum absolute atomic E-state index is 2.62. The number of phosphoric acid groups is 1. The Balaban J connectivity index is 6.97. The Hall–Kier alpha value is -0.870. The van der Waals surface area contributed by atoms with E-state index in [0.717, 1.165) is 0 Å². The molecule has 0 fully saturated rings. The van der Waals surface area contributed by atoms with E-state index >= 15 is 0 Å². The molecule has 0 saturated carbocycles. The molecule has 0 amide bonds.